The maximum atomic E-state index is 13.1. The molecule has 0 spiro atoms. The Morgan fingerprint density at radius 3 is 2.54 bits per heavy atom. The molecule has 1 aromatic rings. The monoisotopic (exact) mass is 323 g/mol. The van der Waals surface area contributed by atoms with Crippen LogP contribution in [-0.4, -0.2) is 52.3 Å². The summed E-state index contributed by atoms with van der Waals surface area (Å²) in [5.74, 6) is -1.84. The van der Waals surface area contributed by atoms with E-state index in [0.717, 1.165) is 0 Å². The molecule has 0 bridgehead atoms. The van der Waals surface area contributed by atoms with Gasteiger partial charge in [0, 0.05) is 18.3 Å². The van der Waals surface area contributed by atoms with Crippen LogP contribution in [0.2, 0.25) is 0 Å². The second-order valence-corrected chi connectivity index (χ2v) is 6.17. The number of amides is 2. The molecule has 0 saturated carbocycles. The number of rotatable bonds is 3. The Bertz CT molecular complexity index is 771. The number of Topliss-reactive ketones (excluding diaryl/α,β-unsaturated/α-hetero) is 1. The topological polar surface area (TPSA) is 70.1 Å². The molecule has 24 heavy (non-hydrogen) atoms. The summed E-state index contributed by atoms with van der Waals surface area (Å²) in [4.78, 5) is 39.8. The van der Waals surface area contributed by atoms with E-state index >= 15 is 0 Å². The Hall–Kier alpha value is -2.76. The van der Waals surface area contributed by atoms with E-state index in [1.54, 1.807) is 48.5 Å². The van der Waals surface area contributed by atoms with Gasteiger partial charge in [-0.3, -0.25) is 24.3 Å². The van der Waals surface area contributed by atoms with Crippen molar-refractivity contribution in [2.45, 2.75) is 19.0 Å². The zero-order chi connectivity index (χ0) is 16.8. The van der Waals surface area contributed by atoms with E-state index in [4.69, 9.17) is 0 Å². The standard InChI is InChI=1S/C18H17N3O3/c1-2-20-17(23)13-12-9-6-10-19-21(12)15(14(13)18(20)24)16(22)11-7-4-3-5-8-11/h3-10,12-15H,2H2,1H3/t12-,13+,14+,15+/m0/s1. The van der Waals surface area contributed by atoms with Crippen molar-refractivity contribution in [3.8, 4) is 0 Å². The number of likely N-dealkylation sites (tertiary alicyclic amines) is 1. The lowest BCUT2D eigenvalue weighted by Gasteiger charge is -2.30. The first-order chi connectivity index (χ1) is 11.6. The Labute approximate surface area is 139 Å². The van der Waals surface area contributed by atoms with E-state index in [9.17, 15) is 14.4 Å². The number of carbonyl (C=O) groups excluding carboxylic acids is 3. The number of imide groups is 1. The molecule has 3 heterocycles. The fourth-order valence-corrected chi connectivity index (χ4v) is 3.98. The fraction of sp³-hybridized carbons (Fsp3) is 0.333. The molecule has 4 rings (SSSR count). The van der Waals surface area contributed by atoms with Crippen LogP contribution >= 0.6 is 0 Å². The number of hydrogen-bond donors (Lipinski definition) is 0. The van der Waals surface area contributed by atoms with E-state index < -0.39 is 17.9 Å². The molecule has 6 nitrogen and oxygen atoms in total. The second kappa shape index (κ2) is 5.40. The lowest BCUT2D eigenvalue weighted by Crippen LogP contribution is -2.45. The van der Waals surface area contributed by atoms with Gasteiger partial charge in [0.1, 0.15) is 6.04 Å². The van der Waals surface area contributed by atoms with Gasteiger partial charge in [-0.2, -0.15) is 5.10 Å². The minimum absolute atomic E-state index is 0.167. The van der Waals surface area contributed by atoms with Gasteiger partial charge in [-0.05, 0) is 13.0 Å². The molecule has 1 aromatic carbocycles. The SMILES string of the molecule is CCN1C(=O)[C@@H]2[C@H](C1=O)[C@@H]1C=CC=NN1[C@H]2C(=O)c1ccccc1. The predicted molar refractivity (Wildman–Crippen MR) is 87.2 cm³/mol. The van der Waals surface area contributed by atoms with Gasteiger partial charge in [-0.15, -0.1) is 0 Å². The van der Waals surface area contributed by atoms with Gasteiger partial charge in [0.25, 0.3) is 0 Å². The molecule has 2 amide bonds. The first-order valence-electron chi connectivity index (χ1n) is 8.08. The van der Waals surface area contributed by atoms with Gasteiger partial charge in [0.15, 0.2) is 5.78 Å². The number of carbonyl (C=O) groups is 3. The van der Waals surface area contributed by atoms with Crippen LogP contribution in [0.3, 0.4) is 0 Å². The molecule has 6 heteroatoms. The highest BCUT2D eigenvalue weighted by atomic mass is 16.2. The Morgan fingerprint density at radius 1 is 1.12 bits per heavy atom. The summed E-state index contributed by atoms with van der Waals surface area (Å²) in [7, 11) is 0. The first kappa shape index (κ1) is 14.8. The van der Waals surface area contributed by atoms with Crippen molar-refractivity contribution in [2.75, 3.05) is 6.54 Å². The Kier molecular flexibility index (Phi) is 3.33. The Balaban J connectivity index is 1.79. The molecule has 0 unspecified atom stereocenters. The summed E-state index contributed by atoms with van der Waals surface area (Å²) in [6.07, 6.45) is 5.21. The van der Waals surface area contributed by atoms with Gasteiger partial charge in [-0.1, -0.05) is 36.4 Å². The van der Waals surface area contributed by atoms with Crippen molar-refractivity contribution in [1.29, 1.82) is 0 Å². The minimum Gasteiger partial charge on any atom is -0.292 e. The van der Waals surface area contributed by atoms with Gasteiger partial charge >= 0.3 is 0 Å². The van der Waals surface area contributed by atoms with E-state index in [1.807, 2.05) is 12.1 Å². The number of fused-ring (bicyclic) bond motifs is 3. The number of benzene rings is 1. The quantitative estimate of drug-likeness (QED) is 0.617. The van der Waals surface area contributed by atoms with Crippen molar-refractivity contribution < 1.29 is 14.4 Å². The highest BCUT2D eigenvalue weighted by Gasteiger charge is 2.63. The molecule has 0 aliphatic carbocycles. The highest BCUT2D eigenvalue weighted by molar-refractivity contribution is 6.11. The van der Waals surface area contributed by atoms with Crippen LogP contribution in [0.15, 0.2) is 47.6 Å². The lowest BCUT2D eigenvalue weighted by molar-refractivity contribution is -0.141. The summed E-state index contributed by atoms with van der Waals surface area (Å²) < 4.78 is 0. The largest absolute Gasteiger partial charge is 0.292 e. The summed E-state index contributed by atoms with van der Waals surface area (Å²) >= 11 is 0. The number of ketones is 1. The van der Waals surface area contributed by atoms with E-state index in [2.05, 4.69) is 5.10 Å². The van der Waals surface area contributed by atoms with E-state index in [0.29, 0.717) is 12.1 Å². The van der Waals surface area contributed by atoms with Crippen LogP contribution in [-0.2, 0) is 9.59 Å². The molecule has 3 aliphatic rings. The third kappa shape index (κ3) is 1.89. The van der Waals surface area contributed by atoms with Gasteiger partial charge in [0.05, 0.1) is 17.9 Å². The minimum atomic E-state index is -0.739. The molecule has 122 valence electrons. The number of hydrazone groups is 1. The first-order valence-corrected chi connectivity index (χ1v) is 8.08. The number of hydrogen-bond acceptors (Lipinski definition) is 5. The molecule has 4 atom stereocenters. The smallest absolute Gasteiger partial charge is 0.235 e. The molecular weight excluding hydrogens is 306 g/mol. The molecule has 2 fully saturated rings. The summed E-state index contributed by atoms with van der Waals surface area (Å²) in [6.45, 7) is 2.11. The normalized spacial score (nSPS) is 30.7. The summed E-state index contributed by atoms with van der Waals surface area (Å²) in [6, 6.07) is 7.79. The summed E-state index contributed by atoms with van der Waals surface area (Å²) in [5, 5.41) is 5.93. The van der Waals surface area contributed by atoms with Crippen LogP contribution < -0.4 is 0 Å². The third-order valence-electron chi connectivity index (χ3n) is 5.03. The maximum Gasteiger partial charge on any atom is 0.235 e. The average molecular weight is 323 g/mol. The van der Waals surface area contributed by atoms with Crippen molar-refractivity contribution in [1.82, 2.24) is 9.91 Å². The maximum absolute atomic E-state index is 13.1. The lowest BCUT2D eigenvalue weighted by atomic mass is 9.86. The van der Waals surface area contributed by atoms with Crippen LogP contribution in [0.25, 0.3) is 0 Å². The van der Waals surface area contributed by atoms with Crippen LogP contribution in [0.5, 0.6) is 0 Å². The second-order valence-electron chi connectivity index (χ2n) is 6.17. The zero-order valence-electron chi connectivity index (χ0n) is 13.2. The van der Waals surface area contributed by atoms with Crippen molar-refractivity contribution in [2.24, 2.45) is 16.9 Å². The molecular formula is C18H17N3O3. The van der Waals surface area contributed by atoms with Crippen molar-refractivity contribution in [3.63, 3.8) is 0 Å². The molecule has 0 N–H and O–H groups in total. The van der Waals surface area contributed by atoms with E-state index in [1.165, 1.54) is 4.90 Å². The highest BCUT2D eigenvalue weighted by Crippen LogP contribution is 2.44. The average Bonchev–Trinajstić information content (AvgIpc) is 3.08. The van der Waals surface area contributed by atoms with Gasteiger partial charge < -0.3 is 0 Å². The third-order valence-corrected chi connectivity index (χ3v) is 5.03. The molecule has 3 aliphatic heterocycles. The number of nitrogens with zero attached hydrogens (tertiary/aromatic N) is 3. The van der Waals surface area contributed by atoms with Crippen LogP contribution in [0, 0.1) is 11.8 Å². The van der Waals surface area contributed by atoms with E-state index in [-0.39, 0.29) is 23.6 Å². The summed E-state index contributed by atoms with van der Waals surface area (Å²) in [5.41, 5.74) is 0.529. The molecule has 0 aromatic heterocycles. The van der Waals surface area contributed by atoms with Crippen LogP contribution in [0.1, 0.15) is 17.3 Å². The zero-order valence-corrected chi connectivity index (χ0v) is 13.2. The predicted octanol–water partition coefficient (Wildman–Crippen LogP) is 1.10. The van der Waals surface area contributed by atoms with Gasteiger partial charge in [-0.25, -0.2) is 0 Å². The Morgan fingerprint density at radius 2 is 1.83 bits per heavy atom. The number of allylic oxidation sites excluding steroid dienone is 1. The molecule has 0 radical (unpaired) electrons. The van der Waals surface area contributed by atoms with Crippen LogP contribution in [0.4, 0.5) is 0 Å². The van der Waals surface area contributed by atoms with Gasteiger partial charge in [0.2, 0.25) is 11.8 Å². The van der Waals surface area contributed by atoms with Crippen molar-refractivity contribution in [3.05, 3.63) is 48.0 Å². The van der Waals surface area contributed by atoms with Crippen molar-refractivity contribution >= 4 is 23.8 Å². The fourth-order valence-electron chi connectivity index (χ4n) is 3.98. The molecule has 2 saturated heterocycles.